The Morgan fingerprint density at radius 2 is 2.15 bits per heavy atom. The molecule has 2 rings (SSSR count). The first-order chi connectivity index (χ1) is 9.29. The van der Waals surface area contributed by atoms with Gasteiger partial charge in [0.1, 0.15) is 10.6 Å². The molecule has 9 heteroatoms. The van der Waals surface area contributed by atoms with E-state index in [0.717, 1.165) is 11.3 Å². The van der Waals surface area contributed by atoms with Crippen LogP contribution in [0.2, 0.25) is 5.02 Å². The lowest BCUT2D eigenvalue weighted by Crippen LogP contribution is -2.14. The van der Waals surface area contributed by atoms with Crippen molar-refractivity contribution >= 4 is 49.6 Å². The highest BCUT2D eigenvalue weighted by atomic mass is 35.5. The number of ketones is 1. The van der Waals surface area contributed by atoms with Gasteiger partial charge in [-0.3, -0.25) is 9.52 Å². The molecular formula is C11H10ClN3O3S2. The Labute approximate surface area is 124 Å². The van der Waals surface area contributed by atoms with Crippen LogP contribution in [0.3, 0.4) is 0 Å². The van der Waals surface area contributed by atoms with Gasteiger partial charge in [-0.15, -0.1) is 11.3 Å². The SMILES string of the molecule is CC(=O)c1csc(NS(=O)(=O)c2cc(Cl)ccc2N)n1. The predicted octanol–water partition coefficient (Wildman–Crippen LogP) is 2.38. The van der Waals surface area contributed by atoms with Crippen LogP contribution in [0, 0.1) is 0 Å². The second kappa shape index (κ2) is 5.39. The minimum Gasteiger partial charge on any atom is -0.398 e. The number of benzene rings is 1. The van der Waals surface area contributed by atoms with E-state index in [0.29, 0.717) is 0 Å². The number of nitrogen functional groups attached to an aromatic ring is 1. The van der Waals surface area contributed by atoms with Crippen LogP contribution in [-0.4, -0.2) is 19.2 Å². The van der Waals surface area contributed by atoms with E-state index in [1.54, 1.807) is 0 Å². The molecule has 0 amide bonds. The predicted molar refractivity (Wildman–Crippen MR) is 78.8 cm³/mol. The topological polar surface area (TPSA) is 102 Å². The van der Waals surface area contributed by atoms with Crippen molar-refractivity contribution in [3.63, 3.8) is 0 Å². The maximum atomic E-state index is 12.2. The molecule has 0 fully saturated rings. The summed E-state index contributed by atoms with van der Waals surface area (Å²) in [7, 11) is -3.90. The number of aromatic nitrogens is 1. The van der Waals surface area contributed by atoms with Crippen molar-refractivity contribution in [2.45, 2.75) is 11.8 Å². The van der Waals surface area contributed by atoms with Crippen LogP contribution in [0.15, 0.2) is 28.5 Å². The quantitative estimate of drug-likeness (QED) is 0.661. The molecule has 0 atom stereocenters. The Morgan fingerprint density at radius 3 is 2.75 bits per heavy atom. The van der Waals surface area contributed by atoms with Gasteiger partial charge in [0.05, 0.1) is 5.69 Å². The minimum absolute atomic E-state index is 0.0743. The highest BCUT2D eigenvalue weighted by Crippen LogP contribution is 2.26. The Bertz CT molecular complexity index is 771. The fourth-order valence-electron chi connectivity index (χ4n) is 1.39. The Morgan fingerprint density at radius 1 is 1.45 bits per heavy atom. The standard InChI is InChI=1S/C11H10ClN3O3S2/c1-6(16)9-5-19-11(14-9)15-20(17,18)10-4-7(12)2-3-8(10)13/h2-5H,13H2,1H3,(H,14,15). The molecule has 0 saturated heterocycles. The van der Waals surface area contributed by atoms with Crippen molar-refractivity contribution in [3.05, 3.63) is 34.3 Å². The van der Waals surface area contributed by atoms with Crippen molar-refractivity contribution in [3.8, 4) is 0 Å². The van der Waals surface area contributed by atoms with Gasteiger partial charge in [-0.05, 0) is 18.2 Å². The summed E-state index contributed by atoms with van der Waals surface area (Å²) in [5.74, 6) is -0.242. The number of rotatable bonds is 4. The van der Waals surface area contributed by atoms with Gasteiger partial charge in [0.2, 0.25) is 0 Å². The number of carbonyl (C=O) groups is 1. The van der Waals surface area contributed by atoms with Crippen LogP contribution in [0.1, 0.15) is 17.4 Å². The van der Waals surface area contributed by atoms with E-state index < -0.39 is 10.0 Å². The second-order valence-corrected chi connectivity index (χ2v) is 6.83. The average Bonchev–Trinajstić information content (AvgIpc) is 2.80. The molecule has 2 aromatic rings. The lowest BCUT2D eigenvalue weighted by Gasteiger charge is -2.08. The van der Waals surface area contributed by atoms with Crippen molar-refractivity contribution in [2.75, 3.05) is 10.5 Å². The molecule has 106 valence electrons. The van der Waals surface area contributed by atoms with Crippen LogP contribution < -0.4 is 10.5 Å². The zero-order valence-electron chi connectivity index (χ0n) is 10.3. The summed E-state index contributed by atoms with van der Waals surface area (Å²) in [6, 6.07) is 4.14. The van der Waals surface area contributed by atoms with Gasteiger partial charge < -0.3 is 5.73 Å². The van der Waals surface area contributed by atoms with Crippen LogP contribution in [0.4, 0.5) is 10.8 Å². The smallest absolute Gasteiger partial charge is 0.265 e. The molecule has 0 unspecified atom stereocenters. The molecule has 0 aliphatic heterocycles. The average molecular weight is 332 g/mol. The molecule has 0 bridgehead atoms. The maximum Gasteiger partial charge on any atom is 0.265 e. The van der Waals surface area contributed by atoms with E-state index in [1.165, 1.54) is 30.5 Å². The first-order valence-electron chi connectivity index (χ1n) is 5.34. The molecule has 20 heavy (non-hydrogen) atoms. The lowest BCUT2D eigenvalue weighted by atomic mass is 10.3. The summed E-state index contributed by atoms with van der Waals surface area (Å²) in [6.45, 7) is 1.35. The molecule has 3 N–H and O–H groups in total. The van der Waals surface area contributed by atoms with Crippen molar-refractivity contribution in [2.24, 2.45) is 0 Å². The van der Waals surface area contributed by atoms with Crippen LogP contribution >= 0.6 is 22.9 Å². The number of nitrogens with one attached hydrogen (secondary N) is 1. The monoisotopic (exact) mass is 331 g/mol. The Balaban J connectivity index is 2.35. The zero-order valence-corrected chi connectivity index (χ0v) is 12.6. The molecule has 0 aliphatic carbocycles. The fraction of sp³-hybridized carbons (Fsp3) is 0.0909. The molecule has 1 aromatic carbocycles. The number of Topliss-reactive ketones (excluding diaryl/α,β-unsaturated/α-hetero) is 1. The number of carbonyl (C=O) groups excluding carboxylic acids is 1. The van der Waals surface area contributed by atoms with Gasteiger partial charge in [0.25, 0.3) is 10.0 Å². The first-order valence-corrected chi connectivity index (χ1v) is 8.08. The summed E-state index contributed by atoms with van der Waals surface area (Å²) >= 11 is 6.78. The zero-order chi connectivity index (χ0) is 14.9. The van der Waals surface area contributed by atoms with Gasteiger partial charge in [-0.25, -0.2) is 13.4 Å². The summed E-state index contributed by atoms with van der Waals surface area (Å²) in [4.78, 5) is 14.9. The molecule has 1 aromatic heterocycles. The normalized spacial score (nSPS) is 11.3. The Kier molecular flexibility index (Phi) is 3.98. The Hall–Kier alpha value is -1.64. The van der Waals surface area contributed by atoms with Crippen LogP contribution in [0.5, 0.6) is 0 Å². The number of nitrogens with two attached hydrogens (primary N) is 1. The first kappa shape index (κ1) is 14.8. The maximum absolute atomic E-state index is 12.2. The van der Waals surface area contributed by atoms with Gasteiger partial charge in [0, 0.05) is 17.3 Å². The largest absolute Gasteiger partial charge is 0.398 e. The highest BCUT2D eigenvalue weighted by Gasteiger charge is 2.20. The van der Waals surface area contributed by atoms with Gasteiger partial charge >= 0.3 is 0 Å². The van der Waals surface area contributed by atoms with E-state index >= 15 is 0 Å². The number of hydrogen-bond donors (Lipinski definition) is 2. The summed E-state index contributed by atoms with van der Waals surface area (Å²) in [5, 5.41) is 1.82. The number of sulfonamides is 1. The molecule has 0 radical (unpaired) electrons. The minimum atomic E-state index is -3.90. The van der Waals surface area contributed by atoms with E-state index in [9.17, 15) is 13.2 Å². The second-order valence-electron chi connectivity index (χ2n) is 3.88. The van der Waals surface area contributed by atoms with E-state index in [1.807, 2.05) is 0 Å². The number of hydrogen-bond acceptors (Lipinski definition) is 6. The van der Waals surface area contributed by atoms with E-state index in [4.69, 9.17) is 17.3 Å². The van der Waals surface area contributed by atoms with Gasteiger partial charge in [-0.1, -0.05) is 11.6 Å². The highest BCUT2D eigenvalue weighted by molar-refractivity contribution is 7.93. The third-order valence-electron chi connectivity index (χ3n) is 2.35. The third kappa shape index (κ3) is 3.09. The van der Waals surface area contributed by atoms with Crippen molar-refractivity contribution in [1.82, 2.24) is 4.98 Å². The van der Waals surface area contributed by atoms with Gasteiger partial charge in [0.15, 0.2) is 10.9 Å². The summed E-state index contributed by atoms with van der Waals surface area (Å²) < 4.78 is 26.6. The van der Waals surface area contributed by atoms with Gasteiger partial charge in [-0.2, -0.15) is 0 Å². The number of nitrogens with zero attached hydrogens (tertiary/aromatic N) is 1. The number of anilines is 2. The molecule has 0 spiro atoms. The molecule has 0 aliphatic rings. The third-order valence-corrected chi connectivity index (χ3v) is 4.87. The van der Waals surface area contributed by atoms with Crippen molar-refractivity contribution < 1.29 is 13.2 Å². The lowest BCUT2D eigenvalue weighted by molar-refractivity contribution is 0.101. The number of thiazole rings is 1. The van der Waals surface area contributed by atoms with E-state index in [-0.39, 0.29) is 32.2 Å². The van der Waals surface area contributed by atoms with E-state index in [2.05, 4.69) is 9.71 Å². The molecule has 0 saturated carbocycles. The summed E-state index contributed by atoms with van der Waals surface area (Å²) in [5.41, 5.74) is 5.91. The number of halogens is 1. The van der Waals surface area contributed by atoms with Crippen molar-refractivity contribution in [1.29, 1.82) is 0 Å². The fourth-order valence-corrected chi connectivity index (χ4v) is 3.79. The van der Waals surface area contributed by atoms with Crippen LogP contribution in [0.25, 0.3) is 0 Å². The molecule has 6 nitrogen and oxygen atoms in total. The summed E-state index contributed by atoms with van der Waals surface area (Å²) in [6.07, 6.45) is 0. The molecule has 1 heterocycles. The molecular weight excluding hydrogens is 322 g/mol. The van der Waals surface area contributed by atoms with Crippen LogP contribution in [-0.2, 0) is 10.0 Å².